The molecule has 1 aliphatic rings. The van der Waals surface area contributed by atoms with E-state index < -0.39 is 0 Å². The van der Waals surface area contributed by atoms with Crippen molar-refractivity contribution >= 4 is 11.6 Å². The normalized spacial score (nSPS) is 15.3. The fraction of sp³-hybridized carbons (Fsp3) is 0.600. The summed E-state index contributed by atoms with van der Waals surface area (Å²) in [4.78, 5) is 0. The molecule has 0 bridgehead atoms. The fourth-order valence-electron chi connectivity index (χ4n) is 2.58. The van der Waals surface area contributed by atoms with Gasteiger partial charge in [0, 0.05) is 17.5 Å². The molecule has 1 aliphatic heterocycles. The highest BCUT2D eigenvalue weighted by Crippen LogP contribution is 2.33. The lowest BCUT2D eigenvalue weighted by molar-refractivity contribution is 0.352. The van der Waals surface area contributed by atoms with Crippen molar-refractivity contribution < 1.29 is 4.74 Å². The number of ether oxygens (including phenoxy) is 1. The van der Waals surface area contributed by atoms with Crippen LogP contribution in [-0.4, -0.2) is 19.2 Å². The number of benzene rings is 1. The van der Waals surface area contributed by atoms with Crippen molar-refractivity contribution in [3.63, 3.8) is 0 Å². The van der Waals surface area contributed by atoms with Crippen LogP contribution in [0.15, 0.2) is 12.1 Å². The highest BCUT2D eigenvalue weighted by molar-refractivity contribution is 6.30. The van der Waals surface area contributed by atoms with Crippen molar-refractivity contribution in [3.8, 4) is 5.75 Å². The Morgan fingerprint density at radius 1 is 1.44 bits per heavy atom. The van der Waals surface area contributed by atoms with Gasteiger partial charge in [-0.15, -0.1) is 0 Å². The van der Waals surface area contributed by atoms with Crippen LogP contribution in [0.25, 0.3) is 0 Å². The standard InChI is InChI=1S/C15H22ClNO/c1-3-17-11(2)5-4-6-12-9-14(16)10-13-7-8-18-15(12)13/h9-11,17H,3-8H2,1-2H3. The van der Waals surface area contributed by atoms with Crippen LogP contribution in [0.3, 0.4) is 0 Å². The Morgan fingerprint density at radius 2 is 2.28 bits per heavy atom. The number of rotatable bonds is 6. The molecule has 100 valence electrons. The van der Waals surface area contributed by atoms with E-state index in [0.717, 1.165) is 36.8 Å². The van der Waals surface area contributed by atoms with Crippen molar-refractivity contribution in [2.45, 2.75) is 45.6 Å². The number of hydrogen-bond donors (Lipinski definition) is 1. The van der Waals surface area contributed by atoms with Gasteiger partial charge in [0.25, 0.3) is 0 Å². The Morgan fingerprint density at radius 3 is 3.06 bits per heavy atom. The van der Waals surface area contributed by atoms with Crippen LogP contribution in [0.5, 0.6) is 5.75 Å². The Balaban J connectivity index is 1.93. The van der Waals surface area contributed by atoms with Crippen LogP contribution in [0, 0.1) is 0 Å². The second kappa shape index (κ2) is 6.44. The molecule has 1 atom stereocenters. The summed E-state index contributed by atoms with van der Waals surface area (Å²) in [5, 5.41) is 4.28. The first kappa shape index (κ1) is 13.7. The number of nitrogens with one attached hydrogen (secondary N) is 1. The number of aryl methyl sites for hydroxylation is 1. The molecule has 1 N–H and O–H groups in total. The summed E-state index contributed by atoms with van der Waals surface area (Å²) >= 11 is 6.15. The van der Waals surface area contributed by atoms with Gasteiger partial charge in [0.15, 0.2) is 0 Å². The van der Waals surface area contributed by atoms with Gasteiger partial charge in [-0.3, -0.25) is 0 Å². The highest BCUT2D eigenvalue weighted by atomic mass is 35.5. The maximum Gasteiger partial charge on any atom is 0.125 e. The topological polar surface area (TPSA) is 21.3 Å². The summed E-state index contributed by atoms with van der Waals surface area (Å²) in [5.41, 5.74) is 2.55. The fourth-order valence-corrected chi connectivity index (χ4v) is 2.84. The minimum atomic E-state index is 0.586. The SMILES string of the molecule is CCNC(C)CCCc1cc(Cl)cc2c1OCC2. The van der Waals surface area contributed by atoms with Crippen molar-refractivity contribution in [2.24, 2.45) is 0 Å². The summed E-state index contributed by atoms with van der Waals surface area (Å²) in [6, 6.07) is 4.68. The van der Waals surface area contributed by atoms with Crippen LogP contribution in [0.1, 0.15) is 37.8 Å². The average molecular weight is 268 g/mol. The molecule has 2 nitrogen and oxygen atoms in total. The monoisotopic (exact) mass is 267 g/mol. The van der Waals surface area contributed by atoms with Crippen LogP contribution >= 0.6 is 11.6 Å². The van der Waals surface area contributed by atoms with E-state index in [1.165, 1.54) is 24.0 Å². The second-order valence-corrected chi connectivity index (χ2v) is 5.44. The van der Waals surface area contributed by atoms with E-state index in [1.54, 1.807) is 0 Å². The lowest BCUT2D eigenvalue weighted by Gasteiger charge is -2.13. The minimum absolute atomic E-state index is 0.586. The molecule has 3 heteroatoms. The van der Waals surface area contributed by atoms with E-state index in [2.05, 4.69) is 25.2 Å². The third-order valence-corrected chi connectivity index (χ3v) is 3.68. The molecule has 1 aromatic carbocycles. The molecular formula is C15H22ClNO. The number of fused-ring (bicyclic) bond motifs is 1. The Hall–Kier alpha value is -0.730. The highest BCUT2D eigenvalue weighted by Gasteiger charge is 2.17. The first-order chi connectivity index (χ1) is 8.70. The zero-order valence-electron chi connectivity index (χ0n) is 11.3. The Bertz CT molecular complexity index is 406. The molecule has 0 saturated heterocycles. The van der Waals surface area contributed by atoms with E-state index in [1.807, 2.05) is 6.07 Å². The molecule has 1 aromatic rings. The molecule has 2 rings (SSSR count). The third kappa shape index (κ3) is 3.39. The van der Waals surface area contributed by atoms with E-state index >= 15 is 0 Å². The van der Waals surface area contributed by atoms with E-state index in [-0.39, 0.29) is 0 Å². The van der Waals surface area contributed by atoms with E-state index in [0.29, 0.717) is 6.04 Å². The van der Waals surface area contributed by atoms with Gasteiger partial charge >= 0.3 is 0 Å². The molecule has 0 amide bonds. The largest absolute Gasteiger partial charge is 0.493 e. The zero-order chi connectivity index (χ0) is 13.0. The van der Waals surface area contributed by atoms with Crippen LogP contribution < -0.4 is 10.1 Å². The van der Waals surface area contributed by atoms with Gasteiger partial charge in [0.05, 0.1) is 6.61 Å². The van der Waals surface area contributed by atoms with Gasteiger partial charge in [-0.1, -0.05) is 18.5 Å². The van der Waals surface area contributed by atoms with Gasteiger partial charge in [-0.2, -0.15) is 0 Å². The number of hydrogen-bond acceptors (Lipinski definition) is 2. The quantitative estimate of drug-likeness (QED) is 0.850. The van der Waals surface area contributed by atoms with Crippen molar-refractivity contribution in [1.29, 1.82) is 0 Å². The van der Waals surface area contributed by atoms with E-state index in [9.17, 15) is 0 Å². The summed E-state index contributed by atoms with van der Waals surface area (Å²) in [6.45, 7) is 6.23. The smallest absolute Gasteiger partial charge is 0.125 e. The van der Waals surface area contributed by atoms with Gasteiger partial charge in [-0.25, -0.2) is 0 Å². The second-order valence-electron chi connectivity index (χ2n) is 5.00. The van der Waals surface area contributed by atoms with Crippen molar-refractivity contribution in [2.75, 3.05) is 13.2 Å². The molecule has 0 aliphatic carbocycles. The van der Waals surface area contributed by atoms with Gasteiger partial charge < -0.3 is 10.1 Å². The molecule has 0 spiro atoms. The first-order valence-electron chi connectivity index (χ1n) is 6.88. The number of halogens is 1. The molecular weight excluding hydrogens is 246 g/mol. The summed E-state index contributed by atoms with van der Waals surface area (Å²) in [6.07, 6.45) is 4.41. The minimum Gasteiger partial charge on any atom is -0.493 e. The summed E-state index contributed by atoms with van der Waals surface area (Å²) < 4.78 is 5.72. The van der Waals surface area contributed by atoms with Gasteiger partial charge in [-0.05, 0) is 56.0 Å². The molecule has 1 unspecified atom stereocenters. The molecule has 0 radical (unpaired) electrons. The van der Waals surface area contributed by atoms with Crippen molar-refractivity contribution in [3.05, 3.63) is 28.3 Å². The maximum absolute atomic E-state index is 6.15. The maximum atomic E-state index is 6.15. The molecule has 1 heterocycles. The van der Waals surface area contributed by atoms with E-state index in [4.69, 9.17) is 16.3 Å². The van der Waals surface area contributed by atoms with Crippen LogP contribution in [-0.2, 0) is 12.8 Å². The lowest BCUT2D eigenvalue weighted by Crippen LogP contribution is -2.25. The molecule has 0 aromatic heterocycles. The third-order valence-electron chi connectivity index (χ3n) is 3.46. The van der Waals surface area contributed by atoms with Crippen LogP contribution in [0.2, 0.25) is 5.02 Å². The van der Waals surface area contributed by atoms with Crippen LogP contribution in [0.4, 0.5) is 0 Å². The first-order valence-corrected chi connectivity index (χ1v) is 7.26. The van der Waals surface area contributed by atoms with Gasteiger partial charge in [0.1, 0.15) is 5.75 Å². The van der Waals surface area contributed by atoms with Crippen molar-refractivity contribution in [1.82, 2.24) is 5.32 Å². The Labute approximate surface area is 115 Å². The average Bonchev–Trinajstić information content (AvgIpc) is 2.77. The lowest BCUT2D eigenvalue weighted by atomic mass is 10.0. The molecule has 0 fully saturated rings. The Kier molecular flexibility index (Phi) is 4.90. The molecule has 18 heavy (non-hydrogen) atoms. The summed E-state index contributed by atoms with van der Waals surface area (Å²) in [5.74, 6) is 1.09. The molecule has 0 saturated carbocycles. The summed E-state index contributed by atoms with van der Waals surface area (Å²) in [7, 11) is 0. The van der Waals surface area contributed by atoms with Gasteiger partial charge in [0.2, 0.25) is 0 Å². The zero-order valence-corrected chi connectivity index (χ0v) is 12.0. The predicted octanol–water partition coefficient (Wildman–Crippen LogP) is 3.60. The predicted molar refractivity (Wildman–Crippen MR) is 76.7 cm³/mol.